The Labute approximate surface area is 122 Å². The maximum absolute atomic E-state index is 5.66. The highest BCUT2D eigenvalue weighted by Gasteiger charge is 2.10. The van der Waals surface area contributed by atoms with Gasteiger partial charge in [0.2, 0.25) is 5.89 Å². The normalized spacial score (nSPS) is 10.8. The molecule has 3 aromatic rings. The number of aromatic nitrogens is 3. The van der Waals surface area contributed by atoms with E-state index in [-0.39, 0.29) is 0 Å². The minimum absolute atomic E-state index is 0.534. The Hall–Kier alpha value is -2.14. The number of benzene rings is 1. The minimum atomic E-state index is 0.534. The highest BCUT2D eigenvalue weighted by molar-refractivity contribution is 7.71. The third-order valence-electron chi connectivity index (χ3n) is 3.18. The molecule has 0 spiro atoms. The molecule has 2 aromatic heterocycles. The standard InChI is InChI=1S/C15H15N3OS/c1-2-12-8-16-14(19-12)10-18-13(9-17-15(18)20)11-6-4-3-5-7-11/h3-9H,2,10H2,1H3,(H,17,20). The third kappa shape index (κ3) is 2.44. The van der Waals surface area contributed by atoms with Crippen LogP contribution in [-0.2, 0) is 13.0 Å². The van der Waals surface area contributed by atoms with E-state index in [0.29, 0.717) is 17.2 Å². The Bertz CT molecular complexity index is 755. The molecule has 2 heterocycles. The molecule has 1 N–H and O–H groups in total. The second-order valence-electron chi connectivity index (χ2n) is 4.51. The molecule has 0 bridgehead atoms. The zero-order chi connectivity index (χ0) is 13.9. The van der Waals surface area contributed by atoms with Gasteiger partial charge in [0.25, 0.3) is 0 Å². The summed E-state index contributed by atoms with van der Waals surface area (Å²) in [6, 6.07) is 10.1. The van der Waals surface area contributed by atoms with Gasteiger partial charge in [0.15, 0.2) is 4.77 Å². The monoisotopic (exact) mass is 285 g/mol. The van der Waals surface area contributed by atoms with Crippen LogP contribution in [0.5, 0.6) is 0 Å². The first kappa shape index (κ1) is 12.9. The number of imidazole rings is 1. The van der Waals surface area contributed by atoms with Crippen molar-refractivity contribution in [3.8, 4) is 11.3 Å². The summed E-state index contributed by atoms with van der Waals surface area (Å²) >= 11 is 5.35. The Kier molecular flexibility index (Phi) is 3.52. The second-order valence-corrected chi connectivity index (χ2v) is 4.89. The molecule has 0 unspecified atom stereocenters. The third-order valence-corrected chi connectivity index (χ3v) is 3.52. The number of rotatable bonds is 4. The van der Waals surface area contributed by atoms with Crippen LogP contribution in [0, 0.1) is 4.77 Å². The number of nitrogens with zero attached hydrogens (tertiary/aromatic N) is 2. The first-order valence-electron chi connectivity index (χ1n) is 6.55. The van der Waals surface area contributed by atoms with Crippen LogP contribution in [0.2, 0.25) is 0 Å². The average Bonchev–Trinajstić information content (AvgIpc) is 3.08. The zero-order valence-corrected chi connectivity index (χ0v) is 12.0. The molecule has 0 saturated carbocycles. The Morgan fingerprint density at radius 1 is 1.30 bits per heavy atom. The number of hydrogen-bond donors (Lipinski definition) is 1. The summed E-state index contributed by atoms with van der Waals surface area (Å²) in [5, 5.41) is 0. The van der Waals surface area contributed by atoms with E-state index in [4.69, 9.17) is 16.6 Å². The highest BCUT2D eigenvalue weighted by atomic mass is 32.1. The lowest BCUT2D eigenvalue weighted by molar-refractivity contribution is 0.446. The van der Waals surface area contributed by atoms with Crippen molar-refractivity contribution in [3.05, 3.63) is 59.1 Å². The molecule has 0 atom stereocenters. The molecule has 0 amide bonds. The number of aryl methyl sites for hydroxylation is 1. The lowest BCUT2D eigenvalue weighted by Crippen LogP contribution is -2.02. The fourth-order valence-electron chi connectivity index (χ4n) is 2.12. The Morgan fingerprint density at radius 2 is 2.10 bits per heavy atom. The van der Waals surface area contributed by atoms with Gasteiger partial charge < -0.3 is 14.0 Å². The summed E-state index contributed by atoms with van der Waals surface area (Å²) < 4.78 is 8.32. The van der Waals surface area contributed by atoms with Gasteiger partial charge in [-0.3, -0.25) is 0 Å². The van der Waals surface area contributed by atoms with Crippen molar-refractivity contribution < 1.29 is 4.42 Å². The molecular weight excluding hydrogens is 270 g/mol. The van der Waals surface area contributed by atoms with Crippen molar-refractivity contribution in [3.63, 3.8) is 0 Å². The van der Waals surface area contributed by atoms with E-state index in [1.165, 1.54) is 0 Å². The van der Waals surface area contributed by atoms with E-state index in [1.54, 1.807) is 6.20 Å². The van der Waals surface area contributed by atoms with Gasteiger partial charge in [0.05, 0.1) is 11.9 Å². The van der Waals surface area contributed by atoms with Gasteiger partial charge in [0.1, 0.15) is 12.3 Å². The van der Waals surface area contributed by atoms with Crippen LogP contribution in [0.1, 0.15) is 18.6 Å². The molecule has 20 heavy (non-hydrogen) atoms. The van der Waals surface area contributed by atoms with E-state index in [1.807, 2.05) is 35.9 Å². The molecule has 4 nitrogen and oxygen atoms in total. The molecule has 0 aliphatic heterocycles. The summed E-state index contributed by atoms with van der Waals surface area (Å²) in [6.07, 6.45) is 4.53. The minimum Gasteiger partial charge on any atom is -0.444 e. The van der Waals surface area contributed by atoms with Crippen molar-refractivity contribution in [2.24, 2.45) is 0 Å². The van der Waals surface area contributed by atoms with Crippen molar-refractivity contribution in [1.82, 2.24) is 14.5 Å². The number of H-pyrrole nitrogens is 1. The molecule has 0 radical (unpaired) electrons. The predicted molar refractivity (Wildman–Crippen MR) is 80.0 cm³/mol. The summed E-state index contributed by atoms with van der Waals surface area (Å²) in [7, 11) is 0. The van der Waals surface area contributed by atoms with Gasteiger partial charge in [0, 0.05) is 12.6 Å². The van der Waals surface area contributed by atoms with E-state index in [0.717, 1.165) is 23.4 Å². The van der Waals surface area contributed by atoms with Crippen LogP contribution in [0.3, 0.4) is 0 Å². The Morgan fingerprint density at radius 3 is 2.80 bits per heavy atom. The summed E-state index contributed by atoms with van der Waals surface area (Å²) in [4.78, 5) is 7.38. The van der Waals surface area contributed by atoms with Crippen LogP contribution in [0.4, 0.5) is 0 Å². The van der Waals surface area contributed by atoms with Crippen LogP contribution < -0.4 is 0 Å². The first-order valence-corrected chi connectivity index (χ1v) is 6.96. The molecular formula is C15H15N3OS. The molecule has 0 fully saturated rings. The second kappa shape index (κ2) is 5.46. The SMILES string of the molecule is CCc1cnc(Cn2c(-c3ccccc3)c[nH]c2=S)o1. The van der Waals surface area contributed by atoms with Crippen LogP contribution in [0.25, 0.3) is 11.3 Å². The van der Waals surface area contributed by atoms with Crippen LogP contribution in [0.15, 0.2) is 47.1 Å². The fourth-order valence-corrected chi connectivity index (χ4v) is 2.34. The molecule has 0 saturated heterocycles. The molecule has 102 valence electrons. The van der Waals surface area contributed by atoms with E-state index >= 15 is 0 Å². The van der Waals surface area contributed by atoms with E-state index in [2.05, 4.69) is 22.1 Å². The highest BCUT2D eigenvalue weighted by Crippen LogP contribution is 2.20. The van der Waals surface area contributed by atoms with Gasteiger partial charge in [-0.15, -0.1) is 0 Å². The summed E-state index contributed by atoms with van der Waals surface area (Å²) in [5.74, 6) is 1.57. The van der Waals surface area contributed by atoms with Crippen molar-refractivity contribution in [1.29, 1.82) is 0 Å². The largest absolute Gasteiger partial charge is 0.444 e. The van der Waals surface area contributed by atoms with E-state index in [9.17, 15) is 0 Å². The first-order chi connectivity index (χ1) is 9.78. The molecule has 1 aromatic carbocycles. The van der Waals surface area contributed by atoms with Crippen molar-refractivity contribution >= 4 is 12.2 Å². The van der Waals surface area contributed by atoms with Gasteiger partial charge in [-0.05, 0) is 17.8 Å². The van der Waals surface area contributed by atoms with Gasteiger partial charge in [-0.25, -0.2) is 4.98 Å². The van der Waals surface area contributed by atoms with Crippen molar-refractivity contribution in [2.45, 2.75) is 19.9 Å². The topological polar surface area (TPSA) is 46.8 Å². The predicted octanol–water partition coefficient (Wildman–Crippen LogP) is 3.81. The molecule has 0 aliphatic rings. The van der Waals surface area contributed by atoms with Gasteiger partial charge in [-0.2, -0.15) is 0 Å². The van der Waals surface area contributed by atoms with Crippen LogP contribution >= 0.6 is 12.2 Å². The average molecular weight is 285 g/mol. The lowest BCUT2D eigenvalue weighted by atomic mass is 10.2. The summed E-state index contributed by atoms with van der Waals surface area (Å²) in [6.45, 7) is 2.58. The summed E-state index contributed by atoms with van der Waals surface area (Å²) in [5.41, 5.74) is 2.15. The van der Waals surface area contributed by atoms with Gasteiger partial charge in [-0.1, -0.05) is 37.3 Å². The lowest BCUT2D eigenvalue weighted by Gasteiger charge is -2.06. The van der Waals surface area contributed by atoms with E-state index < -0.39 is 0 Å². The van der Waals surface area contributed by atoms with Crippen molar-refractivity contribution in [2.75, 3.05) is 0 Å². The number of hydrogen-bond acceptors (Lipinski definition) is 3. The van der Waals surface area contributed by atoms with Gasteiger partial charge >= 0.3 is 0 Å². The number of aromatic amines is 1. The molecule has 3 rings (SSSR count). The zero-order valence-electron chi connectivity index (χ0n) is 11.2. The Balaban J connectivity index is 1.97. The fraction of sp³-hybridized carbons (Fsp3) is 0.200. The maximum atomic E-state index is 5.66. The smallest absolute Gasteiger partial charge is 0.214 e. The maximum Gasteiger partial charge on any atom is 0.214 e. The number of nitrogens with one attached hydrogen (secondary N) is 1. The molecule has 5 heteroatoms. The van der Waals surface area contributed by atoms with Crippen LogP contribution in [-0.4, -0.2) is 14.5 Å². The quantitative estimate of drug-likeness (QED) is 0.741. The molecule has 0 aliphatic carbocycles. The number of oxazole rings is 1.